The van der Waals surface area contributed by atoms with E-state index in [4.69, 9.17) is 0 Å². The molecule has 1 heterocycles. The quantitative estimate of drug-likeness (QED) is 0.519. The van der Waals surface area contributed by atoms with Crippen molar-refractivity contribution in [3.63, 3.8) is 0 Å². The number of carbonyl (C=O) groups is 1. The van der Waals surface area contributed by atoms with Crippen molar-refractivity contribution in [2.75, 3.05) is 0 Å². The van der Waals surface area contributed by atoms with Crippen molar-refractivity contribution in [3.05, 3.63) is 30.1 Å². The van der Waals surface area contributed by atoms with Crippen LogP contribution in [-0.4, -0.2) is 16.1 Å². The van der Waals surface area contributed by atoms with E-state index in [9.17, 15) is 15.0 Å². The van der Waals surface area contributed by atoms with Gasteiger partial charge in [-0.1, -0.05) is 0 Å². The number of aliphatic carboxylic acids is 1. The number of rotatable bonds is 4. The zero-order valence-electron chi connectivity index (χ0n) is 8.01. The number of aliphatic hydroxyl groups excluding tert-OH is 1. The van der Waals surface area contributed by atoms with Gasteiger partial charge in [-0.25, -0.2) is 0 Å². The number of hydrogen-bond donors (Lipinski definition) is 1. The Hall–Kier alpha value is -0.420. The molecule has 0 saturated carbocycles. The molecular formula is C9H10NNaO3. The summed E-state index contributed by atoms with van der Waals surface area (Å²) in [5.41, 5.74) is 0.677. The van der Waals surface area contributed by atoms with E-state index in [1.807, 2.05) is 0 Å². The van der Waals surface area contributed by atoms with Crippen LogP contribution in [0.1, 0.15) is 24.5 Å². The molecule has 0 spiro atoms. The summed E-state index contributed by atoms with van der Waals surface area (Å²) in [6.07, 6.45) is 2.39. The third-order valence-corrected chi connectivity index (χ3v) is 1.71. The first-order chi connectivity index (χ1) is 6.20. The number of carboxylic acid groups (broad SMARTS) is 1. The molecular weight excluding hydrogens is 193 g/mol. The van der Waals surface area contributed by atoms with E-state index in [1.54, 1.807) is 24.5 Å². The normalized spacial score (nSPS) is 11.5. The van der Waals surface area contributed by atoms with Crippen LogP contribution in [0.25, 0.3) is 0 Å². The monoisotopic (exact) mass is 203 g/mol. The molecule has 0 amide bonds. The van der Waals surface area contributed by atoms with Crippen LogP contribution in [-0.2, 0) is 4.79 Å². The maximum Gasteiger partial charge on any atom is 1.00 e. The molecule has 0 aliphatic heterocycles. The Morgan fingerprint density at radius 2 is 2.07 bits per heavy atom. The second kappa shape index (κ2) is 6.95. The van der Waals surface area contributed by atoms with Gasteiger partial charge < -0.3 is 15.0 Å². The van der Waals surface area contributed by atoms with Crippen molar-refractivity contribution in [1.29, 1.82) is 0 Å². The molecule has 4 nitrogen and oxygen atoms in total. The van der Waals surface area contributed by atoms with Gasteiger partial charge in [0.1, 0.15) is 0 Å². The second-order valence-corrected chi connectivity index (χ2v) is 2.71. The second-order valence-electron chi connectivity index (χ2n) is 2.71. The average Bonchev–Trinajstić information content (AvgIpc) is 2.15. The van der Waals surface area contributed by atoms with Crippen LogP contribution in [0, 0.1) is 0 Å². The van der Waals surface area contributed by atoms with E-state index in [1.165, 1.54) is 0 Å². The minimum absolute atomic E-state index is 0. The largest absolute Gasteiger partial charge is 1.00 e. The standard InChI is InChI=1S/C9H11NO3.Na/c11-8(1-2-9(12)13)7-3-5-10-6-4-7;/h3-6,8,11H,1-2H2,(H,12,13);/q;+1/p-1. The van der Waals surface area contributed by atoms with Gasteiger partial charge in [-0.3, -0.25) is 4.98 Å². The summed E-state index contributed by atoms with van der Waals surface area (Å²) in [5.74, 6) is -1.15. The van der Waals surface area contributed by atoms with E-state index < -0.39 is 12.1 Å². The third-order valence-electron chi connectivity index (χ3n) is 1.71. The van der Waals surface area contributed by atoms with E-state index in [-0.39, 0.29) is 42.4 Å². The molecule has 1 aromatic rings. The first kappa shape index (κ1) is 13.6. The van der Waals surface area contributed by atoms with Crippen LogP contribution in [0.5, 0.6) is 0 Å². The summed E-state index contributed by atoms with van der Waals surface area (Å²) >= 11 is 0. The first-order valence-electron chi connectivity index (χ1n) is 3.98. The fraction of sp³-hybridized carbons (Fsp3) is 0.333. The molecule has 0 radical (unpaired) electrons. The van der Waals surface area contributed by atoms with Crippen molar-refractivity contribution in [2.45, 2.75) is 18.9 Å². The van der Waals surface area contributed by atoms with E-state index in [0.29, 0.717) is 5.56 Å². The molecule has 1 aromatic heterocycles. The molecule has 0 aliphatic carbocycles. The van der Waals surface area contributed by atoms with Gasteiger partial charge >= 0.3 is 29.6 Å². The average molecular weight is 203 g/mol. The van der Waals surface area contributed by atoms with Crippen LogP contribution in [0.3, 0.4) is 0 Å². The Kier molecular flexibility index (Phi) is 6.74. The zero-order valence-corrected chi connectivity index (χ0v) is 10.0. The van der Waals surface area contributed by atoms with Gasteiger partial charge in [0, 0.05) is 18.4 Å². The maximum absolute atomic E-state index is 10.1. The Morgan fingerprint density at radius 1 is 1.50 bits per heavy atom. The summed E-state index contributed by atoms with van der Waals surface area (Å²) in [7, 11) is 0. The summed E-state index contributed by atoms with van der Waals surface area (Å²) < 4.78 is 0. The molecule has 0 bridgehead atoms. The van der Waals surface area contributed by atoms with Gasteiger partial charge in [-0.05, 0) is 30.5 Å². The fourth-order valence-corrected chi connectivity index (χ4v) is 1.01. The fourth-order valence-electron chi connectivity index (χ4n) is 1.01. The number of carbonyl (C=O) groups excluding carboxylic acids is 1. The summed E-state index contributed by atoms with van der Waals surface area (Å²) in [4.78, 5) is 13.9. The minimum Gasteiger partial charge on any atom is -0.550 e. The van der Waals surface area contributed by atoms with Crippen molar-refractivity contribution in [1.82, 2.24) is 4.98 Å². The summed E-state index contributed by atoms with van der Waals surface area (Å²) in [6, 6.07) is 3.31. The molecule has 0 aliphatic rings. The molecule has 5 heteroatoms. The van der Waals surface area contributed by atoms with Gasteiger partial charge in [0.15, 0.2) is 0 Å². The molecule has 1 N–H and O–H groups in total. The van der Waals surface area contributed by atoms with Crippen molar-refractivity contribution < 1.29 is 44.6 Å². The molecule has 0 fully saturated rings. The number of hydrogen-bond acceptors (Lipinski definition) is 4. The molecule has 0 aromatic carbocycles. The topological polar surface area (TPSA) is 73.2 Å². The number of pyridine rings is 1. The zero-order chi connectivity index (χ0) is 9.68. The van der Waals surface area contributed by atoms with Gasteiger partial charge in [0.2, 0.25) is 0 Å². The van der Waals surface area contributed by atoms with Gasteiger partial charge in [0.05, 0.1) is 6.10 Å². The van der Waals surface area contributed by atoms with E-state index >= 15 is 0 Å². The molecule has 14 heavy (non-hydrogen) atoms. The van der Waals surface area contributed by atoms with Crippen LogP contribution in [0.4, 0.5) is 0 Å². The molecule has 1 atom stereocenters. The van der Waals surface area contributed by atoms with E-state index in [0.717, 1.165) is 0 Å². The summed E-state index contributed by atoms with van der Waals surface area (Å²) in [5, 5.41) is 19.6. The predicted molar refractivity (Wildman–Crippen MR) is 43.4 cm³/mol. The predicted octanol–water partition coefficient (Wildman–Crippen LogP) is -3.35. The molecule has 0 saturated heterocycles. The Labute approximate surface area is 104 Å². The number of aromatic nitrogens is 1. The summed E-state index contributed by atoms with van der Waals surface area (Å²) in [6.45, 7) is 0. The van der Waals surface area contributed by atoms with Crippen molar-refractivity contribution in [3.8, 4) is 0 Å². The molecule has 70 valence electrons. The number of carboxylic acids is 1. The van der Waals surface area contributed by atoms with Crippen LogP contribution < -0.4 is 34.7 Å². The minimum atomic E-state index is -1.15. The van der Waals surface area contributed by atoms with Crippen molar-refractivity contribution >= 4 is 5.97 Å². The van der Waals surface area contributed by atoms with Crippen LogP contribution in [0.2, 0.25) is 0 Å². The SMILES string of the molecule is O=C([O-])CCC(O)c1ccncc1.[Na+]. The smallest absolute Gasteiger partial charge is 0.550 e. The molecule has 1 rings (SSSR count). The van der Waals surface area contributed by atoms with Gasteiger partial charge in [-0.15, -0.1) is 0 Å². The van der Waals surface area contributed by atoms with Gasteiger partial charge in [-0.2, -0.15) is 0 Å². The Bertz CT molecular complexity index is 279. The number of aliphatic hydroxyl groups is 1. The number of nitrogens with zero attached hydrogens (tertiary/aromatic N) is 1. The molecule has 1 unspecified atom stereocenters. The van der Waals surface area contributed by atoms with Crippen molar-refractivity contribution in [2.24, 2.45) is 0 Å². The third kappa shape index (κ3) is 4.72. The van der Waals surface area contributed by atoms with Gasteiger partial charge in [0.25, 0.3) is 0 Å². The maximum atomic E-state index is 10.1. The Morgan fingerprint density at radius 3 is 2.57 bits per heavy atom. The van der Waals surface area contributed by atoms with E-state index in [2.05, 4.69) is 4.98 Å². The first-order valence-corrected chi connectivity index (χ1v) is 3.98. The van der Waals surface area contributed by atoms with Crippen LogP contribution in [0.15, 0.2) is 24.5 Å². The van der Waals surface area contributed by atoms with Crippen LogP contribution >= 0.6 is 0 Å². The Balaban J connectivity index is 0.00000169.